The first-order valence-corrected chi connectivity index (χ1v) is 8.68. The molecule has 24 heavy (non-hydrogen) atoms. The van der Waals surface area contributed by atoms with Gasteiger partial charge in [0.2, 0.25) is 11.8 Å². The highest BCUT2D eigenvalue weighted by molar-refractivity contribution is 8.15. The number of anilines is 1. The zero-order valence-corrected chi connectivity index (χ0v) is 14.0. The van der Waals surface area contributed by atoms with Crippen LogP contribution in [-0.4, -0.2) is 65.1 Å². The van der Waals surface area contributed by atoms with Gasteiger partial charge in [-0.2, -0.15) is 0 Å². The third-order valence-corrected chi connectivity index (χ3v) is 4.95. The molecule has 1 aromatic carbocycles. The van der Waals surface area contributed by atoms with E-state index in [4.69, 9.17) is 4.74 Å². The predicted molar refractivity (Wildman–Crippen MR) is 90.6 cm³/mol. The molecule has 2 saturated heterocycles. The van der Waals surface area contributed by atoms with Crippen molar-refractivity contribution in [3.63, 3.8) is 0 Å². The fraction of sp³-hybridized carbons (Fsp3) is 0.438. The van der Waals surface area contributed by atoms with E-state index in [1.165, 1.54) is 4.90 Å². The number of amides is 3. The average Bonchev–Trinajstić information content (AvgIpc) is 2.84. The summed E-state index contributed by atoms with van der Waals surface area (Å²) >= 11 is 0.928. The van der Waals surface area contributed by atoms with Crippen molar-refractivity contribution in [3.05, 3.63) is 30.3 Å². The first-order chi connectivity index (χ1) is 11.6. The van der Waals surface area contributed by atoms with E-state index in [0.717, 1.165) is 11.8 Å². The van der Waals surface area contributed by atoms with E-state index in [1.54, 1.807) is 12.1 Å². The van der Waals surface area contributed by atoms with E-state index in [1.807, 2.05) is 23.1 Å². The first-order valence-electron chi connectivity index (χ1n) is 7.80. The monoisotopic (exact) mass is 349 g/mol. The summed E-state index contributed by atoms with van der Waals surface area (Å²) in [6, 6.07) is 9.04. The van der Waals surface area contributed by atoms with E-state index in [9.17, 15) is 14.4 Å². The van der Waals surface area contributed by atoms with Gasteiger partial charge in [-0.25, -0.2) is 0 Å². The van der Waals surface area contributed by atoms with E-state index in [2.05, 4.69) is 5.32 Å². The predicted octanol–water partition coefficient (Wildman–Crippen LogP) is 1.37. The molecule has 128 valence electrons. The molecule has 1 N–H and O–H groups in total. The molecule has 3 amide bonds. The number of hydrogen-bond acceptors (Lipinski definition) is 6. The molecule has 3 rings (SSSR count). The van der Waals surface area contributed by atoms with E-state index >= 15 is 0 Å². The number of thioether (sulfide) groups is 1. The van der Waals surface area contributed by atoms with Gasteiger partial charge in [-0.15, -0.1) is 0 Å². The van der Waals surface area contributed by atoms with Crippen LogP contribution >= 0.6 is 11.8 Å². The zero-order chi connectivity index (χ0) is 16.9. The summed E-state index contributed by atoms with van der Waals surface area (Å²) in [7, 11) is 0. The molecule has 2 aliphatic rings. The molecular weight excluding hydrogens is 330 g/mol. The maximum atomic E-state index is 12.4. The van der Waals surface area contributed by atoms with Crippen LogP contribution < -0.4 is 5.32 Å². The van der Waals surface area contributed by atoms with Crippen molar-refractivity contribution in [2.45, 2.75) is 11.7 Å². The number of rotatable bonds is 5. The molecule has 0 radical (unpaired) electrons. The number of ether oxygens (including phenoxy) is 1. The van der Waals surface area contributed by atoms with Crippen LogP contribution in [0.5, 0.6) is 0 Å². The van der Waals surface area contributed by atoms with Gasteiger partial charge in [-0.3, -0.25) is 24.2 Å². The molecule has 8 heteroatoms. The van der Waals surface area contributed by atoms with Crippen molar-refractivity contribution < 1.29 is 19.1 Å². The quantitative estimate of drug-likeness (QED) is 0.865. The molecule has 1 aromatic rings. The molecule has 2 heterocycles. The number of nitrogens with one attached hydrogen (secondary N) is 1. The molecule has 2 aliphatic heterocycles. The molecule has 0 spiro atoms. The second-order valence-electron chi connectivity index (χ2n) is 5.63. The zero-order valence-electron chi connectivity index (χ0n) is 13.1. The van der Waals surface area contributed by atoms with Gasteiger partial charge in [0.1, 0.15) is 5.25 Å². The third kappa shape index (κ3) is 4.14. The van der Waals surface area contributed by atoms with Gasteiger partial charge >= 0.3 is 0 Å². The van der Waals surface area contributed by atoms with Crippen LogP contribution in [0, 0.1) is 0 Å². The van der Waals surface area contributed by atoms with Crippen LogP contribution in [0.1, 0.15) is 6.42 Å². The van der Waals surface area contributed by atoms with Gasteiger partial charge in [0.25, 0.3) is 5.24 Å². The van der Waals surface area contributed by atoms with Gasteiger partial charge < -0.3 is 10.1 Å². The summed E-state index contributed by atoms with van der Waals surface area (Å²) in [4.78, 5) is 39.8. The summed E-state index contributed by atoms with van der Waals surface area (Å²) in [5, 5.41) is 1.80. The number of carbonyl (C=O) groups is 3. The number of para-hydroxylation sites is 1. The largest absolute Gasteiger partial charge is 0.379 e. The number of hydrogen-bond donors (Lipinski definition) is 1. The lowest BCUT2D eigenvalue weighted by molar-refractivity contribution is -0.130. The van der Waals surface area contributed by atoms with Gasteiger partial charge in [-0.05, 0) is 12.1 Å². The molecule has 0 unspecified atom stereocenters. The summed E-state index contributed by atoms with van der Waals surface area (Å²) in [6.07, 6.45) is -0.0102. The van der Waals surface area contributed by atoms with E-state index in [-0.39, 0.29) is 30.1 Å². The van der Waals surface area contributed by atoms with E-state index in [0.29, 0.717) is 32.0 Å². The summed E-state index contributed by atoms with van der Waals surface area (Å²) < 4.78 is 5.26. The number of benzene rings is 1. The Hall–Kier alpha value is -1.90. The Morgan fingerprint density at radius 1 is 1.21 bits per heavy atom. The molecular formula is C16H19N3O4S. The van der Waals surface area contributed by atoms with Crippen LogP contribution in [0.3, 0.4) is 0 Å². The van der Waals surface area contributed by atoms with Crippen molar-refractivity contribution in [3.8, 4) is 0 Å². The SMILES string of the molecule is O=C(C[C@H]1SC(=O)N(CN2CCOCC2)C1=O)Nc1ccccc1. The number of nitrogens with zero attached hydrogens (tertiary/aromatic N) is 2. The van der Waals surface area contributed by atoms with Gasteiger partial charge in [-0.1, -0.05) is 30.0 Å². The highest BCUT2D eigenvalue weighted by Crippen LogP contribution is 2.29. The van der Waals surface area contributed by atoms with Crippen LogP contribution in [0.25, 0.3) is 0 Å². The Bertz CT molecular complexity index is 619. The Balaban J connectivity index is 1.54. The smallest absolute Gasteiger partial charge is 0.290 e. The highest BCUT2D eigenvalue weighted by Gasteiger charge is 2.41. The number of morpholine rings is 1. The Kier molecular flexibility index (Phi) is 5.49. The molecule has 7 nitrogen and oxygen atoms in total. The Morgan fingerprint density at radius 2 is 1.92 bits per heavy atom. The van der Waals surface area contributed by atoms with Gasteiger partial charge in [0.05, 0.1) is 19.9 Å². The maximum Gasteiger partial charge on any atom is 0.290 e. The molecule has 1 atom stereocenters. The van der Waals surface area contributed by atoms with Crippen molar-refractivity contribution in [1.82, 2.24) is 9.80 Å². The second-order valence-corrected chi connectivity index (χ2v) is 6.78. The van der Waals surface area contributed by atoms with Gasteiger partial charge in [0, 0.05) is 25.2 Å². The third-order valence-electron chi connectivity index (χ3n) is 3.88. The van der Waals surface area contributed by atoms with Crippen molar-refractivity contribution in [1.29, 1.82) is 0 Å². The summed E-state index contributed by atoms with van der Waals surface area (Å²) in [6.45, 7) is 2.87. The minimum atomic E-state index is -0.651. The van der Waals surface area contributed by atoms with Gasteiger partial charge in [0.15, 0.2) is 0 Å². The minimum Gasteiger partial charge on any atom is -0.379 e. The fourth-order valence-corrected chi connectivity index (χ4v) is 3.58. The van der Waals surface area contributed by atoms with Crippen LogP contribution in [0.4, 0.5) is 10.5 Å². The number of carbonyl (C=O) groups excluding carboxylic acids is 3. The minimum absolute atomic E-state index is 0.0102. The normalized spacial score (nSPS) is 22.0. The van der Waals surface area contributed by atoms with E-state index < -0.39 is 5.25 Å². The van der Waals surface area contributed by atoms with Crippen LogP contribution in [-0.2, 0) is 14.3 Å². The molecule has 0 aromatic heterocycles. The lowest BCUT2D eigenvalue weighted by Crippen LogP contribution is -2.46. The maximum absolute atomic E-state index is 12.4. The molecule has 0 aliphatic carbocycles. The molecule has 0 bridgehead atoms. The highest BCUT2D eigenvalue weighted by atomic mass is 32.2. The van der Waals surface area contributed by atoms with Crippen molar-refractivity contribution in [2.75, 3.05) is 38.3 Å². The summed E-state index contributed by atoms with van der Waals surface area (Å²) in [5.74, 6) is -0.562. The lowest BCUT2D eigenvalue weighted by atomic mass is 10.2. The first kappa shape index (κ1) is 16.9. The van der Waals surface area contributed by atoms with Crippen molar-refractivity contribution in [2.24, 2.45) is 0 Å². The Labute approximate surface area is 144 Å². The number of imide groups is 1. The van der Waals surface area contributed by atoms with Crippen LogP contribution in [0.15, 0.2) is 30.3 Å². The summed E-state index contributed by atoms with van der Waals surface area (Å²) in [5.41, 5.74) is 0.675. The molecule has 2 fully saturated rings. The fourth-order valence-electron chi connectivity index (χ4n) is 2.60. The topological polar surface area (TPSA) is 79.0 Å². The van der Waals surface area contributed by atoms with Crippen LogP contribution in [0.2, 0.25) is 0 Å². The van der Waals surface area contributed by atoms with Crippen molar-refractivity contribution >= 4 is 34.5 Å². The lowest BCUT2D eigenvalue weighted by Gasteiger charge is -2.29. The average molecular weight is 349 g/mol. The standard InChI is InChI=1S/C16H19N3O4S/c20-14(17-12-4-2-1-3-5-12)10-13-15(21)19(16(22)24-13)11-18-6-8-23-9-7-18/h1-5,13H,6-11H2,(H,17,20)/t13-/m1/s1. The Morgan fingerprint density at radius 3 is 2.62 bits per heavy atom. The molecule has 0 saturated carbocycles. The second kappa shape index (κ2) is 7.78.